The van der Waals surface area contributed by atoms with Gasteiger partial charge in [-0.1, -0.05) is 23.6 Å². The van der Waals surface area contributed by atoms with E-state index in [-0.39, 0.29) is 55.6 Å². The van der Waals surface area contributed by atoms with Crippen LogP contribution >= 0.6 is 11.6 Å². The predicted octanol–water partition coefficient (Wildman–Crippen LogP) is 6.41. The summed E-state index contributed by atoms with van der Waals surface area (Å²) in [6.07, 6.45) is -9.89. The summed E-state index contributed by atoms with van der Waals surface area (Å²) in [7, 11) is -8.69. The van der Waals surface area contributed by atoms with Crippen LogP contribution in [-0.4, -0.2) is 101 Å². The fraction of sp³-hybridized carbons (Fsp3) is 0.409. The average Bonchev–Trinajstić information content (AvgIpc) is 3.73. The maximum Gasteiger partial charge on any atom is 0.435 e. The second-order valence-corrected chi connectivity index (χ2v) is 23.2. The molecule has 29 heteroatoms. The van der Waals surface area contributed by atoms with Gasteiger partial charge in [0.15, 0.2) is 27.3 Å². The molecule has 0 radical (unpaired) electrons. The van der Waals surface area contributed by atoms with Crippen molar-refractivity contribution in [3.05, 3.63) is 93.0 Å². The summed E-state index contributed by atoms with van der Waals surface area (Å²) in [6, 6.07) is 4.81. The Labute approximate surface area is 413 Å². The maximum absolute atomic E-state index is 15.6. The SMILES string of the molecule is CC(C)(C#Cc1ccc(-c2ccc(Cl)c3c(N(C(=O)C4CN(C(=N)N)C4)S(C)(=O)=O)nn(CC(F)(F)F)c23)c([C@H](Cc2cc(F)cc(F)c2)NC(=O)Cn2nc(C(F)(F)F)c3c2C(F)(F)[C@@H]2C[C@H]32)n1)S(C)(=O)=O. The number of anilines is 1. The third kappa shape index (κ3) is 10.1. The minimum Gasteiger partial charge on any atom is -0.370 e. The molecule has 0 unspecified atom stereocenters. The third-order valence-corrected chi connectivity index (χ3v) is 15.9. The van der Waals surface area contributed by atoms with Gasteiger partial charge in [-0.15, -0.1) is 0 Å². The lowest BCUT2D eigenvalue weighted by atomic mass is 9.93. The number of aromatic nitrogens is 5. The van der Waals surface area contributed by atoms with Gasteiger partial charge in [-0.05, 0) is 74.4 Å². The number of pyridine rings is 1. The number of rotatable bonds is 12. The number of likely N-dealkylation sites (tertiary alicyclic amines) is 1. The summed E-state index contributed by atoms with van der Waals surface area (Å²) in [6.45, 7) is -1.32. The molecule has 3 aliphatic rings. The van der Waals surface area contributed by atoms with Crippen molar-refractivity contribution in [3.63, 3.8) is 0 Å². The molecule has 1 aliphatic heterocycles. The Kier molecular flexibility index (Phi) is 12.9. The van der Waals surface area contributed by atoms with Crippen molar-refractivity contribution in [1.82, 2.24) is 34.8 Å². The lowest BCUT2D eigenvalue weighted by molar-refractivity contribution is -0.143. The van der Waals surface area contributed by atoms with E-state index < -0.39 is 160 Å². The summed E-state index contributed by atoms with van der Waals surface area (Å²) in [5.41, 5.74) is -0.362. The zero-order chi connectivity index (χ0) is 53.9. The van der Waals surface area contributed by atoms with Crippen LogP contribution < -0.4 is 15.4 Å². The van der Waals surface area contributed by atoms with Crippen LogP contribution in [-0.2, 0) is 61.1 Å². The van der Waals surface area contributed by atoms with Crippen LogP contribution in [0, 0.1) is 40.7 Å². The summed E-state index contributed by atoms with van der Waals surface area (Å²) in [5.74, 6) is -8.78. The second kappa shape index (κ2) is 17.9. The minimum atomic E-state index is -5.22. The van der Waals surface area contributed by atoms with E-state index in [1.165, 1.54) is 18.7 Å². The molecule has 390 valence electrons. The van der Waals surface area contributed by atoms with E-state index in [2.05, 4.69) is 32.3 Å². The van der Waals surface area contributed by atoms with Gasteiger partial charge in [-0.2, -0.15) is 49.6 Å². The number of alkyl halides is 8. The van der Waals surface area contributed by atoms with E-state index in [1.807, 2.05) is 0 Å². The second-order valence-electron chi connectivity index (χ2n) is 18.4. The number of halogens is 11. The number of sulfone groups is 1. The molecule has 8 rings (SSSR count). The molecule has 1 saturated carbocycles. The maximum atomic E-state index is 15.6. The summed E-state index contributed by atoms with van der Waals surface area (Å²) in [5, 5.41) is 16.4. The van der Waals surface area contributed by atoms with E-state index in [0.717, 1.165) is 42.7 Å². The highest BCUT2D eigenvalue weighted by atomic mass is 35.5. The van der Waals surface area contributed by atoms with Gasteiger partial charge in [0.2, 0.25) is 21.8 Å². The zero-order valence-corrected chi connectivity index (χ0v) is 40.6. The largest absolute Gasteiger partial charge is 0.435 e. The molecule has 4 N–H and O–H groups in total. The molecule has 2 fully saturated rings. The number of fused-ring (bicyclic) bond motifs is 4. The zero-order valence-electron chi connectivity index (χ0n) is 38.2. The van der Waals surface area contributed by atoms with E-state index in [0.29, 0.717) is 12.3 Å². The number of nitrogens with two attached hydrogens (primary N) is 1. The van der Waals surface area contributed by atoms with Crippen molar-refractivity contribution < 1.29 is 70.3 Å². The Balaban J connectivity index is 1.35. The Morgan fingerprint density at radius 3 is 2.18 bits per heavy atom. The van der Waals surface area contributed by atoms with Crippen LogP contribution in [0.3, 0.4) is 0 Å². The number of amides is 2. The number of carbonyl (C=O) groups is 2. The molecule has 4 heterocycles. The number of hydrogen-bond acceptors (Lipinski definition) is 10. The van der Waals surface area contributed by atoms with Crippen LogP contribution in [0.5, 0.6) is 0 Å². The van der Waals surface area contributed by atoms with Gasteiger partial charge in [0.25, 0.3) is 5.92 Å². The van der Waals surface area contributed by atoms with Crippen LogP contribution in [0.15, 0.2) is 42.5 Å². The lowest BCUT2D eigenvalue weighted by Crippen LogP contribution is -2.58. The van der Waals surface area contributed by atoms with Crippen LogP contribution in [0.4, 0.5) is 49.7 Å². The first-order chi connectivity index (χ1) is 33.6. The molecule has 0 spiro atoms. The number of carbonyl (C=O) groups excluding carboxylic acids is 2. The van der Waals surface area contributed by atoms with E-state index in [9.17, 15) is 61.5 Å². The molecule has 73 heavy (non-hydrogen) atoms. The van der Waals surface area contributed by atoms with Gasteiger partial charge in [0.05, 0.1) is 39.8 Å². The Morgan fingerprint density at radius 2 is 1.60 bits per heavy atom. The van der Waals surface area contributed by atoms with Gasteiger partial charge in [-0.25, -0.2) is 30.6 Å². The van der Waals surface area contributed by atoms with Gasteiger partial charge in [-0.3, -0.25) is 24.4 Å². The number of nitrogens with one attached hydrogen (secondary N) is 2. The quantitative estimate of drug-likeness (QED) is 0.0537. The first-order valence-electron chi connectivity index (χ1n) is 21.5. The van der Waals surface area contributed by atoms with Crippen molar-refractivity contribution in [2.24, 2.45) is 17.6 Å². The summed E-state index contributed by atoms with van der Waals surface area (Å²) >= 11 is 6.67. The average molecular weight is 1090 g/mol. The molecular formula is C44H39ClF10N10O6S2. The number of sulfonamides is 1. The van der Waals surface area contributed by atoms with Crippen LogP contribution in [0.2, 0.25) is 5.02 Å². The standard InChI is InChI=1S/C44H39ClF10N10O6S2/c1-41(2,72(3,68)69)10-9-24-5-6-25(26-7-8-29(45)33-35(26)64(19-42(48,49)50)61-38(33)65(73(4,70)71)39(67)21-16-62(17-21)40(56)57)34(58-24)30(13-20-11-22(46)14-23(47)12-20)59-31(66)18-63-37-32(36(60-63)44(53,54)55)27-15-28(27)43(37,51)52/h5-8,11-12,14,21,27-28,30H,13,15-19H2,1-4H3,(H3,56,57)(H,59,66)/t27-,28+,30-/m0/s1. The predicted molar refractivity (Wildman–Crippen MR) is 242 cm³/mol. The lowest BCUT2D eigenvalue weighted by Gasteiger charge is -2.39. The van der Waals surface area contributed by atoms with Crippen LogP contribution in [0.25, 0.3) is 22.0 Å². The van der Waals surface area contributed by atoms with Gasteiger partial charge >= 0.3 is 12.4 Å². The van der Waals surface area contributed by atoms with Gasteiger partial charge in [0.1, 0.15) is 40.9 Å². The first kappa shape index (κ1) is 52.8. The van der Waals surface area contributed by atoms with E-state index >= 15 is 8.78 Å². The molecule has 16 nitrogen and oxygen atoms in total. The smallest absolute Gasteiger partial charge is 0.370 e. The molecule has 2 aromatic carbocycles. The molecule has 3 aromatic heterocycles. The van der Waals surface area contributed by atoms with Gasteiger partial charge in [0, 0.05) is 48.0 Å². The fourth-order valence-electron chi connectivity index (χ4n) is 8.82. The summed E-state index contributed by atoms with van der Waals surface area (Å²) < 4.78 is 198. The molecule has 1 saturated heterocycles. The highest BCUT2D eigenvalue weighted by Gasteiger charge is 2.68. The van der Waals surface area contributed by atoms with E-state index in [4.69, 9.17) is 22.7 Å². The molecular weight excluding hydrogens is 1050 g/mol. The number of nitrogens with zero attached hydrogens (tertiary/aromatic N) is 7. The topological polar surface area (TPSA) is 219 Å². The Hall–Kier alpha value is -6.47. The van der Waals surface area contributed by atoms with Crippen molar-refractivity contribution in [3.8, 4) is 23.0 Å². The highest BCUT2D eigenvalue weighted by Crippen LogP contribution is 2.68. The molecule has 2 aliphatic carbocycles. The molecule has 0 bridgehead atoms. The molecule has 5 aromatic rings. The Morgan fingerprint density at radius 1 is 0.973 bits per heavy atom. The highest BCUT2D eigenvalue weighted by molar-refractivity contribution is 7.93. The number of hydrogen-bond donors (Lipinski definition) is 3. The number of benzene rings is 2. The summed E-state index contributed by atoms with van der Waals surface area (Å²) in [4.78, 5) is 33.9. The van der Waals surface area contributed by atoms with Crippen molar-refractivity contribution in [1.29, 1.82) is 5.41 Å². The monoisotopic (exact) mass is 1090 g/mol. The van der Waals surface area contributed by atoms with Crippen molar-refractivity contribution >= 4 is 66.0 Å². The van der Waals surface area contributed by atoms with Crippen molar-refractivity contribution in [2.45, 2.75) is 74.8 Å². The third-order valence-electron chi connectivity index (χ3n) is 12.6. The molecule has 2 amide bonds. The van der Waals surface area contributed by atoms with Crippen LogP contribution in [0.1, 0.15) is 66.1 Å². The Bertz CT molecular complexity index is 3430. The van der Waals surface area contributed by atoms with Gasteiger partial charge < -0.3 is 16.0 Å². The fourth-order valence-corrected chi connectivity index (χ4v) is 10.2. The van der Waals surface area contributed by atoms with Crippen molar-refractivity contribution in [2.75, 3.05) is 29.9 Å². The molecule has 3 atom stereocenters. The normalized spacial score (nSPS) is 18.1. The number of guanidine groups is 1. The van der Waals surface area contributed by atoms with E-state index in [1.54, 1.807) is 0 Å². The first-order valence-corrected chi connectivity index (χ1v) is 25.6. The minimum absolute atomic E-state index is 0.145.